The Balaban J connectivity index is 0.00000106. The molecule has 0 amide bonds. The molecule has 0 saturated heterocycles. The number of nitrogens with one attached hydrogen (secondary N) is 1. The second-order valence-electron chi connectivity index (χ2n) is 5.40. The average Bonchev–Trinajstić information content (AvgIpc) is 2.43. The average molecular weight is 227 g/mol. The maximum absolute atomic E-state index is 3.77. The lowest BCUT2D eigenvalue weighted by Gasteiger charge is -2.31. The van der Waals surface area contributed by atoms with Gasteiger partial charge in [-0.3, -0.25) is 0 Å². The SMILES string of the molecule is CC.CCCCNC1(C)CCCCC(C)C1. The van der Waals surface area contributed by atoms with Crippen molar-refractivity contribution in [3.05, 3.63) is 0 Å². The van der Waals surface area contributed by atoms with Gasteiger partial charge >= 0.3 is 0 Å². The van der Waals surface area contributed by atoms with Crippen LogP contribution in [-0.4, -0.2) is 12.1 Å². The van der Waals surface area contributed by atoms with Crippen LogP contribution < -0.4 is 5.32 Å². The Morgan fingerprint density at radius 3 is 2.56 bits per heavy atom. The van der Waals surface area contributed by atoms with Crippen molar-refractivity contribution in [1.82, 2.24) is 5.32 Å². The van der Waals surface area contributed by atoms with Gasteiger partial charge in [0.1, 0.15) is 0 Å². The van der Waals surface area contributed by atoms with Crippen LogP contribution in [0.25, 0.3) is 0 Å². The highest BCUT2D eigenvalue weighted by atomic mass is 15.0. The van der Waals surface area contributed by atoms with Crippen molar-refractivity contribution in [1.29, 1.82) is 0 Å². The third-order valence-electron chi connectivity index (χ3n) is 3.56. The molecule has 1 saturated carbocycles. The molecule has 0 aromatic heterocycles. The van der Waals surface area contributed by atoms with Crippen molar-refractivity contribution in [2.75, 3.05) is 6.54 Å². The number of hydrogen-bond donors (Lipinski definition) is 1. The lowest BCUT2D eigenvalue weighted by molar-refractivity contribution is 0.281. The molecule has 1 fully saturated rings. The molecule has 1 rings (SSSR count). The maximum Gasteiger partial charge on any atom is 0.0155 e. The molecule has 1 heteroatoms. The summed E-state index contributed by atoms with van der Waals surface area (Å²) in [5, 5.41) is 3.77. The van der Waals surface area contributed by atoms with Gasteiger partial charge in [-0.05, 0) is 38.6 Å². The molecule has 0 heterocycles. The van der Waals surface area contributed by atoms with E-state index in [1.54, 1.807) is 0 Å². The minimum absolute atomic E-state index is 0.436. The van der Waals surface area contributed by atoms with Crippen molar-refractivity contribution in [2.24, 2.45) is 5.92 Å². The van der Waals surface area contributed by atoms with Gasteiger partial charge in [0.2, 0.25) is 0 Å². The Morgan fingerprint density at radius 1 is 1.25 bits per heavy atom. The number of unbranched alkanes of at least 4 members (excludes halogenated alkanes) is 1. The van der Waals surface area contributed by atoms with Crippen LogP contribution in [-0.2, 0) is 0 Å². The van der Waals surface area contributed by atoms with Crippen LogP contribution >= 0.6 is 0 Å². The van der Waals surface area contributed by atoms with Crippen molar-refractivity contribution in [2.45, 2.75) is 85.1 Å². The van der Waals surface area contributed by atoms with Crippen LogP contribution in [0.3, 0.4) is 0 Å². The summed E-state index contributed by atoms with van der Waals surface area (Å²) in [6.45, 7) is 12.3. The fourth-order valence-corrected chi connectivity index (χ4v) is 2.71. The van der Waals surface area contributed by atoms with E-state index in [1.807, 2.05) is 13.8 Å². The Labute approximate surface area is 103 Å². The summed E-state index contributed by atoms with van der Waals surface area (Å²) in [5.74, 6) is 0.914. The van der Waals surface area contributed by atoms with Gasteiger partial charge in [0, 0.05) is 5.54 Å². The largest absolute Gasteiger partial charge is 0.312 e. The summed E-state index contributed by atoms with van der Waals surface area (Å²) >= 11 is 0. The highest BCUT2D eigenvalue weighted by molar-refractivity contribution is 4.86. The molecular formula is C15H33N. The number of rotatable bonds is 4. The molecule has 0 spiro atoms. The quantitative estimate of drug-likeness (QED) is 0.539. The molecule has 1 nitrogen and oxygen atoms in total. The minimum Gasteiger partial charge on any atom is -0.312 e. The maximum atomic E-state index is 3.77. The molecule has 16 heavy (non-hydrogen) atoms. The Morgan fingerprint density at radius 2 is 1.94 bits per heavy atom. The second kappa shape index (κ2) is 9.04. The molecule has 1 aliphatic carbocycles. The van der Waals surface area contributed by atoms with E-state index in [9.17, 15) is 0 Å². The third kappa shape index (κ3) is 6.52. The van der Waals surface area contributed by atoms with Crippen molar-refractivity contribution < 1.29 is 0 Å². The Hall–Kier alpha value is -0.0400. The normalized spacial score (nSPS) is 30.2. The van der Waals surface area contributed by atoms with Crippen molar-refractivity contribution >= 4 is 0 Å². The van der Waals surface area contributed by atoms with Gasteiger partial charge in [0.15, 0.2) is 0 Å². The molecule has 1 aliphatic rings. The molecule has 98 valence electrons. The Bertz CT molecular complexity index is 156. The summed E-state index contributed by atoms with van der Waals surface area (Å²) in [6, 6.07) is 0. The zero-order valence-corrected chi connectivity index (χ0v) is 12.2. The van der Waals surface area contributed by atoms with E-state index in [0.717, 1.165) is 5.92 Å². The summed E-state index contributed by atoms with van der Waals surface area (Å²) in [7, 11) is 0. The lowest BCUT2D eigenvalue weighted by atomic mass is 9.88. The van der Waals surface area contributed by atoms with Crippen molar-refractivity contribution in [3.8, 4) is 0 Å². The molecule has 2 atom stereocenters. The standard InChI is InChI=1S/C13H27N.C2H6/c1-4-5-10-14-13(3)9-7-6-8-12(2)11-13;1-2/h12,14H,4-11H2,1-3H3;1-2H3. The van der Waals surface area contributed by atoms with Crippen LogP contribution in [0, 0.1) is 5.92 Å². The van der Waals surface area contributed by atoms with E-state index < -0.39 is 0 Å². The first-order valence-electron chi connectivity index (χ1n) is 7.41. The predicted octanol–water partition coefficient (Wildman–Crippen LogP) is 4.76. The molecule has 0 bridgehead atoms. The van der Waals surface area contributed by atoms with Crippen LogP contribution in [0.15, 0.2) is 0 Å². The van der Waals surface area contributed by atoms with Crippen LogP contribution in [0.2, 0.25) is 0 Å². The van der Waals surface area contributed by atoms with E-state index in [2.05, 4.69) is 26.1 Å². The summed E-state index contributed by atoms with van der Waals surface area (Å²) < 4.78 is 0. The summed E-state index contributed by atoms with van der Waals surface area (Å²) in [5.41, 5.74) is 0.436. The zero-order valence-electron chi connectivity index (χ0n) is 12.2. The fourth-order valence-electron chi connectivity index (χ4n) is 2.71. The summed E-state index contributed by atoms with van der Waals surface area (Å²) in [4.78, 5) is 0. The first-order valence-corrected chi connectivity index (χ1v) is 7.41. The van der Waals surface area contributed by atoms with E-state index in [4.69, 9.17) is 0 Å². The lowest BCUT2D eigenvalue weighted by Crippen LogP contribution is -2.43. The monoisotopic (exact) mass is 227 g/mol. The smallest absolute Gasteiger partial charge is 0.0155 e. The van der Waals surface area contributed by atoms with Crippen LogP contribution in [0.5, 0.6) is 0 Å². The van der Waals surface area contributed by atoms with E-state index in [-0.39, 0.29) is 0 Å². The van der Waals surface area contributed by atoms with Gasteiger partial charge in [0.05, 0.1) is 0 Å². The molecule has 0 aromatic rings. The second-order valence-corrected chi connectivity index (χ2v) is 5.40. The van der Waals surface area contributed by atoms with E-state index in [1.165, 1.54) is 51.5 Å². The van der Waals surface area contributed by atoms with Gasteiger partial charge in [-0.1, -0.05) is 53.4 Å². The highest BCUT2D eigenvalue weighted by Crippen LogP contribution is 2.30. The van der Waals surface area contributed by atoms with Gasteiger partial charge < -0.3 is 5.32 Å². The van der Waals surface area contributed by atoms with Gasteiger partial charge in [-0.2, -0.15) is 0 Å². The first kappa shape index (κ1) is 16.0. The highest BCUT2D eigenvalue weighted by Gasteiger charge is 2.27. The van der Waals surface area contributed by atoms with E-state index >= 15 is 0 Å². The molecular weight excluding hydrogens is 194 g/mol. The minimum atomic E-state index is 0.436. The predicted molar refractivity (Wildman–Crippen MR) is 74.9 cm³/mol. The molecule has 0 aliphatic heterocycles. The van der Waals surface area contributed by atoms with Gasteiger partial charge in [-0.25, -0.2) is 0 Å². The Kier molecular flexibility index (Phi) is 9.02. The van der Waals surface area contributed by atoms with Crippen LogP contribution in [0.1, 0.15) is 79.6 Å². The van der Waals surface area contributed by atoms with E-state index in [0.29, 0.717) is 5.54 Å². The zero-order chi connectivity index (χ0) is 12.4. The molecule has 2 unspecified atom stereocenters. The molecule has 1 N–H and O–H groups in total. The molecule has 0 radical (unpaired) electrons. The molecule has 0 aromatic carbocycles. The number of hydrogen-bond acceptors (Lipinski definition) is 1. The van der Waals surface area contributed by atoms with Crippen molar-refractivity contribution in [3.63, 3.8) is 0 Å². The topological polar surface area (TPSA) is 12.0 Å². The van der Waals surface area contributed by atoms with Gasteiger partial charge in [-0.15, -0.1) is 0 Å². The third-order valence-corrected chi connectivity index (χ3v) is 3.56. The fraction of sp³-hybridized carbons (Fsp3) is 1.00. The summed E-state index contributed by atoms with van der Waals surface area (Å²) in [6.07, 6.45) is 9.66. The first-order chi connectivity index (χ1) is 7.66. The van der Waals surface area contributed by atoms with Crippen LogP contribution in [0.4, 0.5) is 0 Å². The van der Waals surface area contributed by atoms with Gasteiger partial charge in [0.25, 0.3) is 0 Å².